The molecule has 1 aliphatic rings. The van der Waals surface area contributed by atoms with E-state index in [0.29, 0.717) is 12.4 Å². The van der Waals surface area contributed by atoms with Gasteiger partial charge in [0.25, 0.3) is 0 Å². The Morgan fingerprint density at radius 3 is 2.62 bits per heavy atom. The second kappa shape index (κ2) is 9.25. The number of aromatic nitrogens is 4. The van der Waals surface area contributed by atoms with Crippen LogP contribution in [0.15, 0.2) is 42.5 Å². The van der Waals surface area contributed by atoms with Crippen LogP contribution in [0.2, 0.25) is 0 Å². The molecule has 0 spiro atoms. The van der Waals surface area contributed by atoms with Crippen LogP contribution in [-0.2, 0) is 12.7 Å². The lowest BCUT2D eigenvalue weighted by Crippen LogP contribution is -2.45. The normalized spacial score (nSPS) is 19.2. The highest BCUT2D eigenvalue weighted by atomic mass is 19.4. The molecule has 2 aromatic carbocycles. The number of nitrogens with one attached hydrogen (secondary N) is 2. The van der Waals surface area contributed by atoms with Crippen molar-refractivity contribution < 1.29 is 17.9 Å². The second-order valence-electron chi connectivity index (χ2n) is 7.82. The fraction of sp³-hybridized carbons (Fsp3) is 0.409. The zero-order valence-electron chi connectivity index (χ0n) is 17.9. The summed E-state index contributed by atoms with van der Waals surface area (Å²) in [7, 11) is 1.62. The monoisotopic (exact) mass is 446 g/mol. The minimum absolute atomic E-state index is 0.0589. The number of aryl methyl sites for hydroxylation is 1. The van der Waals surface area contributed by atoms with Crippen LogP contribution in [0.25, 0.3) is 5.69 Å². The highest BCUT2D eigenvalue weighted by Crippen LogP contribution is 2.31. The first-order valence-corrected chi connectivity index (χ1v) is 10.4. The predicted molar refractivity (Wildman–Crippen MR) is 112 cm³/mol. The highest BCUT2D eigenvalue weighted by molar-refractivity contribution is 5.44. The lowest BCUT2D eigenvalue weighted by molar-refractivity contribution is -0.137. The number of piperidine rings is 1. The maximum absolute atomic E-state index is 12.9. The number of ether oxygens (including phenoxy) is 1. The molecule has 170 valence electrons. The van der Waals surface area contributed by atoms with Gasteiger partial charge in [0.1, 0.15) is 5.75 Å². The maximum Gasteiger partial charge on any atom is 0.416 e. The molecule has 1 saturated heterocycles. The molecule has 1 aliphatic heterocycles. The Bertz CT molecular complexity index is 1050. The topological polar surface area (TPSA) is 76.9 Å². The van der Waals surface area contributed by atoms with Crippen molar-refractivity contribution in [3.8, 4) is 11.4 Å². The summed E-state index contributed by atoms with van der Waals surface area (Å²) < 4.78 is 45.9. The molecule has 2 N–H and O–H groups in total. The van der Waals surface area contributed by atoms with Crippen molar-refractivity contribution in [1.82, 2.24) is 30.8 Å². The summed E-state index contributed by atoms with van der Waals surface area (Å²) in [6.45, 7) is 3.17. The van der Waals surface area contributed by atoms with Crippen LogP contribution in [0.4, 0.5) is 13.2 Å². The van der Waals surface area contributed by atoms with Crippen LogP contribution in [0.3, 0.4) is 0 Å². The van der Waals surface area contributed by atoms with Crippen LogP contribution in [0.1, 0.15) is 41.4 Å². The quantitative estimate of drug-likeness (QED) is 0.603. The van der Waals surface area contributed by atoms with Crippen molar-refractivity contribution in [3.05, 3.63) is 65.0 Å². The van der Waals surface area contributed by atoms with Gasteiger partial charge in [-0.15, -0.1) is 5.10 Å². The number of hydrogen-bond donors (Lipinski definition) is 2. The molecule has 0 saturated carbocycles. The number of alkyl halides is 3. The molecule has 2 heterocycles. The van der Waals surface area contributed by atoms with E-state index in [1.54, 1.807) is 23.9 Å². The molecule has 3 aromatic rings. The molecule has 2 atom stereocenters. The lowest BCUT2D eigenvalue weighted by Gasteiger charge is -2.34. The van der Waals surface area contributed by atoms with E-state index in [2.05, 4.69) is 26.2 Å². The summed E-state index contributed by atoms with van der Waals surface area (Å²) in [4.78, 5) is 0. The summed E-state index contributed by atoms with van der Waals surface area (Å²) in [5.41, 5.74) is 1.96. The number of halogens is 3. The Morgan fingerprint density at radius 2 is 1.97 bits per heavy atom. The van der Waals surface area contributed by atoms with E-state index in [4.69, 9.17) is 4.74 Å². The molecule has 1 fully saturated rings. The number of nitrogens with zero attached hydrogens (tertiary/aromatic N) is 4. The highest BCUT2D eigenvalue weighted by Gasteiger charge is 2.31. The number of hydrogen-bond acceptors (Lipinski definition) is 6. The van der Waals surface area contributed by atoms with E-state index < -0.39 is 11.7 Å². The van der Waals surface area contributed by atoms with Gasteiger partial charge in [0, 0.05) is 24.2 Å². The van der Waals surface area contributed by atoms with Gasteiger partial charge in [0.05, 0.1) is 18.4 Å². The van der Waals surface area contributed by atoms with Crippen LogP contribution in [0.5, 0.6) is 5.75 Å². The van der Waals surface area contributed by atoms with Crippen LogP contribution < -0.4 is 15.4 Å². The zero-order chi connectivity index (χ0) is 22.7. The van der Waals surface area contributed by atoms with E-state index in [1.165, 1.54) is 0 Å². The molecule has 0 aliphatic carbocycles. The summed E-state index contributed by atoms with van der Waals surface area (Å²) in [5.74, 6) is 1.41. The minimum atomic E-state index is -4.34. The van der Waals surface area contributed by atoms with E-state index in [0.717, 1.165) is 54.1 Å². The summed E-state index contributed by atoms with van der Waals surface area (Å²) in [6, 6.07) is 11.1. The minimum Gasteiger partial charge on any atom is -0.496 e. The number of benzene rings is 2. The molecular formula is C22H25F3N6O. The molecule has 7 nitrogen and oxygen atoms in total. The van der Waals surface area contributed by atoms with E-state index in [-0.39, 0.29) is 12.1 Å². The zero-order valence-corrected chi connectivity index (χ0v) is 17.9. The first-order chi connectivity index (χ1) is 15.4. The third kappa shape index (κ3) is 4.76. The SMILES string of the molecule is COc1ccc(-n2nnnc2C)cc1CN[C@@H]1CCCN[C@@H]1c1ccc(C(F)(F)F)cc1. The molecule has 0 amide bonds. The Hall–Kier alpha value is -2.98. The second-order valence-corrected chi connectivity index (χ2v) is 7.82. The fourth-order valence-corrected chi connectivity index (χ4v) is 4.08. The molecule has 32 heavy (non-hydrogen) atoms. The van der Waals surface area contributed by atoms with E-state index in [1.807, 2.05) is 25.1 Å². The van der Waals surface area contributed by atoms with E-state index >= 15 is 0 Å². The third-order valence-electron chi connectivity index (χ3n) is 5.74. The molecule has 10 heteroatoms. The first kappa shape index (κ1) is 22.2. The third-order valence-corrected chi connectivity index (χ3v) is 5.74. The average molecular weight is 446 g/mol. The Kier molecular flexibility index (Phi) is 6.43. The van der Waals surface area contributed by atoms with Gasteiger partial charge >= 0.3 is 6.18 Å². The van der Waals surface area contributed by atoms with Gasteiger partial charge in [-0.2, -0.15) is 17.9 Å². The largest absolute Gasteiger partial charge is 0.496 e. The molecule has 0 unspecified atom stereocenters. The van der Waals surface area contributed by atoms with Gasteiger partial charge in [0.15, 0.2) is 5.82 Å². The van der Waals surface area contributed by atoms with Crippen molar-refractivity contribution in [1.29, 1.82) is 0 Å². The van der Waals surface area contributed by atoms with Gasteiger partial charge in [-0.1, -0.05) is 12.1 Å². The molecule has 0 radical (unpaired) electrons. The van der Waals surface area contributed by atoms with Crippen molar-refractivity contribution in [2.45, 2.75) is 44.6 Å². The Morgan fingerprint density at radius 1 is 1.19 bits per heavy atom. The van der Waals surface area contributed by atoms with Crippen LogP contribution in [0, 0.1) is 6.92 Å². The smallest absolute Gasteiger partial charge is 0.416 e. The van der Waals surface area contributed by atoms with Gasteiger partial charge in [-0.25, -0.2) is 0 Å². The number of tetrazole rings is 1. The molecule has 4 rings (SSSR count). The standard InChI is InChI=1S/C22H25F3N6O/c1-14-28-29-30-31(14)18-9-10-20(32-2)16(12-18)13-27-19-4-3-11-26-21(19)15-5-7-17(8-6-15)22(23,24)25/h5-10,12,19,21,26-27H,3-4,11,13H2,1-2H3/t19-,21-/m1/s1. The van der Waals surface area contributed by atoms with Crippen molar-refractivity contribution in [3.63, 3.8) is 0 Å². The lowest BCUT2D eigenvalue weighted by atomic mass is 9.91. The van der Waals surface area contributed by atoms with Gasteiger partial charge in [-0.3, -0.25) is 0 Å². The van der Waals surface area contributed by atoms with Gasteiger partial charge < -0.3 is 15.4 Å². The van der Waals surface area contributed by atoms with E-state index in [9.17, 15) is 13.2 Å². The molecular weight excluding hydrogens is 421 g/mol. The van der Waals surface area contributed by atoms with Crippen molar-refractivity contribution in [2.75, 3.05) is 13.7 Å². The van der Waals surface area contributed by atoms with Crippen LogP contribution >= 0.6 is 0 Å². The first-order valence-electron chi connectivity index (χ1n) is 10.4. The fourth-order valence-electron chi connectivity index (χ4n) is 4.08. The Balaban J connectivity index is 1.52. The van der Waals surface area contributed by atoms with Gasteiger partial charge in [0.2, 0.25) is 0 Å². The summed E-state index contributed by atoms with van der Waals surface area (Å²) >= 11 is 0. The van der Waals surface area contributed by atoms with Crippen molar-refractivity contribution >= 4 is 0 Å². The summed E-state index contributed by atoms with van der Waals surface area (Å²) in [6.07, 6.45) is -2.45. The van der Waals surface area contributed by atoms with Crippen molar-refractivity contribution in [2.24, 2.45) is 0 Å². The predicted octanol–water partition coefficient (Wildman–Crippen LogP) is 3.58. The van der Waals surface area contributed by atoms with Gasteiger partial charge in [-0.05, 0) is 72.6 Å². The van der Waals surface area contributed by atoms with Crippen LogP contribution in [-0.4, -0.2) is 39.9 Å². The maximum atomic E-state index is 12.9. The average Bonchev–Trinajstić information content (AvgIpc) is 3.23. The summed E-state index contributed by atoms with van der Waals surface area (Å²) in [5, 5.41) is 18.6. The molecule has 0 bridgehead atoms. The number of methoxy groups -OCH3 is 1. The Labute approximate surface area is 184 Å². The number of rotatable bonds is 6. The molecule has 1 aromatic heterocycles.